The lowest BCUT2D eigenvalue weighted by Gasteiger charge is -2.29. The van der Waals surface area contributed by atoms with Gasteiger partial charge >= 0.3 is 11.8 Å². The van der Waals surface area contributed by atoms with Gasteiger partial charge in [-0.2, -0.15) is 0 Å². The molecule has 220 valence electrons. The molecule has 11 heteroatoms. The molecular formula is C30H35BrFN3O6. The van der Waals surface area contributed by atoms with E-state index in [9.17, 15) is 23.6 Å². The number of aromatic nitrogens is 1. The second-order valence-corrected chi connectivity index (χ2v) is 12.6. The van der Waals surface area contributed by atoms with Crippen LogP contribution < -0.4 is 16.4 Å². The van der Waals surface area contributed by atoms with Gasteiger partial charge in [0.1, 0.15) is 11.4 Å². The van der Waals surface area contributed by atoms with E-state index in [0.717, 1.165) is 28.9 Å². The molecule has 0 saturated heterocycles. The average Bonchev–Trinajstić information content (AvgIpc) is 3.28. The lowest BCUT2D eigenvalue weighted by Crippen LogP contribution is -2.37. The van der Waals surface area contributed by atoms with Crippen molar-refractivity contribution in [1.29, 1.82) is 0 Å². The third kappa shape index (κ3) is 8.76. The number of rotatable bonds is 9. The number of hydrogen-bond donors (Lipinski definition) is 3. The Labute approximate surface area is 245 Å². The van der Waals surface area contributed by atoms with Gasteiger partial charge in [-0.15, -0.1) is 0 Å². The molecule has 0 unspecified atom stereocenters. The molecule has 2 amide bonds. The summed E-state index contributed by atoms with van der Waals surface area (Å²) in [5, 5.41) is 5.53. The first-order valence-electron chi connectivity index (χ1n) is 13.7. The van der Waals surface area contributed by atoms with Crippen molar-refractivity contribution < 1.29 is 27.9 Å². The molecule has 1 atom stereocenters. The van der Waals surface area contributed by atoms with Crippen LogP contribution in [-0.4, -0.2) is 34.9 Å². The number of oxazole rings is 1. The lowest BCUT2D eigenvalue weighted by atomic mass is 9.77. The molecule has 41 heavy (non-hydrogen) atoms. The van der Waals surface area contributed by atoms with Gasteiger partial charge in [0.2, 0.25) is 5.91 Å². The number of amides is 2. The van der Waals surface area contributed by atoms with Crippen LogP contribution in [0.15, 0.2) is 50.1 Å². The maximum Gasteiger partial charge on any atom is 0.417 e. The van der Waals surface area contributed by atoms with Crippen LogP contribution in [0, 0.1) is 23.6 Å². The van der Waals surface area contributed by atoms with Gasteiger partial charge in [0.05, 0.1) is 5.52 Å². The number of nitrogens with one attached hydrogen (secondary N) is 3. The highest BCUT2D eigenvalue weighted by Gasteiger charge is 2.31. The second-order valence-electron chi connectivity index (χ2n) is 11.6. The van der Waals surface area contributed by atoms with E-state index < -0.39 is 35.1 Å². The largest absolute Gasteiger partial charge is 0.444 e. The number of aromatic amines is 1. The number of carbonyl (C=O) groups is 3. The number of fused-ring (bicyclic) bond motifs is 1. The Hall–Kier alpha value is -3.47. The van der Waals surface area contributed by atoms with Crippen molar-refractivity contribution in [2.75, 3.05) is 11.9 Å². The van der Waals surface area contributed by atoms with Crippen LogP contribution in [-0.2, 0) is 20.7 Å². The SMILES string of the molecule is CC(C)(C)OC(=O)NCC1CCC(C(=O)C[C@@H](Cc2ccc(Br)cc2)C(=O)Nc2cc(F)c3oc(=O)[nH]c3c2)CC1. The van der Waals surface area contributed by atoms with Gasteiger partial charge in [0.15, 0.2) is 11.4 Å². The van der Waals surface area contributed by atoms with Crippen LogP contribution in [0.2, 0.25) is 0 Å². The molecule has 3 N–H and O–H groups in total. The Morgan fingerprint density at radius 2 is 1.80 bits per heavy atom. The standard InChI is InChI=1S/C30H35BrFN3O6/c1-30(2,3)41-28(38)33-16-18-4-8-19(9-5-18)25(36)13-20(12-17-6-10-21(31)11-7-17)27(37)34-22-14-23(32)26-24(15-22)35-29(39)40-26/h6-7,10-11,14-15,18-20H,4-5,8-9,12-13,16H2,1-3H3,(H,33,38)(H,34,37)(H,35,39)/t18?,19?,20-/m1/s1. The zero-order valence-corrected chi connectivity index (χ0v) is 24.9. The maximum absolute atomic E-state index is 14.5. The Balaban J connectivity index is 1.39. The third-order valence-corrected chi connectivity index (χ3v) is 7.72. The highest BCUT2D eigenvalue weighted by molar-refractivity contribution is 9.10. The van der Waals surface area contributed by atoms with Crippen molar-refractivity contribution in [3.63, 3.8) is 0 Å². The molecule has 1 aliphatic carbocycles. The van der Waals surface area contributed by atoms with E-state index in [0.29, 0.717) is 25.8 Å². The summed E-state index contributed by atoms with van der Waals surface area (Å²) in [6, 6.07) is 10.0. The van der Waals surface area contributed by atoms with E-state index in [4.69, 9.17) is 9.15 Å². The van der Waals surface area contributed by atoms with Gasteiger partial charge in [-0.25, -0.2) is 14.0 Å². The summed E-state index contributed by atoms with van der Waals surface area (Å²) in [4.78, 5) is 52.6. The van der Waals surface area contributed by atoms with E-state index in [-0.39, 0.29) is 40.8 Å². The molecule has 0 spiro atoms. The van der Waals surface area contributed by atoms with Crippen molar-refractivity contribution >= 4 is 50.5 Å². The molecule has 0 aliphatic heterocycles. The fraction of sp³-hybridized carbons (Fsp3) is 0.467. The van der Waals surface area contributed by atoms with Gasteiger partial charge in [0.25, 0.3) is 0 Å². The summed E-state index contributed by atoms with van der Waals surface area (Å²) in [6.07, 6.45) is 2.86. The predicted octanol–water partition coefficient (Wildman–Crippen LogP) is 6.11. The monoisotopic (exact) mass is 631 g/mol. The van der Waals surface area contributed by atoms with Crippen LogP contribution in [0.4, 0.5) is 14.9 Å². The molecule has 4 rings (SSSR count). The third-order valence-electron chi connectivity index (χ3n) is 7.19. The molecular weight excluding hydrogens is 597 g/mol. The first-order chi connectivity index (χ1) is 19.4. The van der Waals surface area contributed by atoms with E-state index in [1.54, 1.807) is 0 Å². The molecule has 1 aliphatic rings. The van der Waals surface area contributed by atoms with Crippen LogP contribution in [0.25, 0.3) is 11.1 Å². The van der Waals surface area contributed by atoms with E-state index in [1.165, 1.54) is 6.07 Å². The van der Waals surface area contributed by atoms with E-state index in [1.807, 2.05) is 45.0 Å². The van der Waals surface area contributed by atoms with Gasteiger partial charge < -0.3 is 19.8 Å². The highest BCUT2D eigenvalue weighted by Crippen LogP contribution is 2.31. The molecule has 0 bridgehead atoms. The second kappa shape index (κ2) is 13.0. The molecule has 2 aromatic carbocycles. The summed E-state index contributed by atoms with van der Waals surface area (Å²) in [7, 11) is 0. The molecule has 0 radical (unpaired) electrons. The van der Waals surface area contributed by atoms with Gasteiger partial charge in [-0.3, -0.25) is 14.6 Å². The predicted molar refractivity (Wildman–Crippen MR) is 156 cm³/mol. The quantitative estimate of drug-likeness (QED) is 0.261. The molecule has 1 saturated carbocycles. The average molecular weight is 633 g/mol. The first-order valence-corrected chi connectivity index (χ1v) is 14.5. The van der Waals surface area contributed by atoms with E-state index in [2.05, 4.69) is 31.5 Å². The Bertz CT molecular complexity index is 1450. The van der Waals surface area contributed by atoms with Crippen LogP contribution in [0.1, 0.15) is 58.4 Å². The van der Waals surface area contributed by atoms with Crippen LogP contribution in [0.5, 0.6) is 0 Å². The number of Topliss-reactive ketones (excluding diaryl/α,β-unsaturated/α-hetero) is 1. The highest BCUT2D eigenvalue weighted by atomic mass is 79.9. The molecule has 3 aromatic rings. The van der Waals surface area contributed by atoms with Crippen molar-refractivity contribution in [2.45, 2.75) is 64.9 Å². The fourth-order valence-electron chi connectivity index (χ4n) is 5.14. The normalized spacial score (nSPS) is 18.1. The van der Waals surface area contributed by atoms with Gasteiger partial charge in [-0.1, -0.05) is 28.1 Å². The number of halogens is 2. The molecule has 1 heterocycles. The number of H-pyrrole nitrogens is 1. The minimum atomic E-state index is -0.795. The Morgan fingerprint density at radius 3 is 2.46 bits per heavy atom. The summed E-state index contributed by atoms with van der Waals surface area (Å²) in [6.45, 7) is 5.93. The van der Waals surface area contributed by atoms with Crippen LogP contribution >= 0.6 is 15.9 Å². The zero-order valence-electron chi connectivity index (χ0n) is 23.4. The number of ketones is 1. The van der Waals surface area contributed by atoms with Crippen molar-refractivity contribution in [1.82, 2.24) is 10.3 Å². The number of carbonyl (C=O) groups excluding carboxylic acids is 3. The summed E-state index contributed by atoms with van der Waals surface area (Å²) in [5.74, 6) is -2.57. The summed E-state index contributed by atoms with van der Waals surface area (Å²) in [5.41, 5.74) is 0.393. The summed E-state index contributed by atoms with van der Waals surface area (Å²) >= 11 is 3.41. The number of alkyl carbamates (subject to hydrolysis) is 1. The number of ether oxygens (including phenoxy) is 1. The fourth-order valence-corrected chi connectivity index (χ4v) is 5.40. The van der Waals surface area contributed by atoms with Crippen molar-refractivity contribution in [2.24, 2.45) is 17.8 Å². The number of anilines is 1. The minimum absolute atomic E-state index is 0.0154. The Kier molecular flexibility index (Phi) is 9.68. The zero-order chi connectivity index (χ0) is 29.7. The van der Waals surface area contributed by atoms with Gasteiger partial charge in [-0.05, 0) is 82.6 Å². The smallest absolute Gasteiger partial charge is 0.417 e. The number of benzene rings is 2. The minimum Gasteiger partial charge on any atom is -0.444 e. The molecule has 1 aromatic heterocycles. The molecule has 9 nitrogen and oxygen atoms in total. The Morgan fingerprint density at radius 1 is 1.12 bits per heavy atom. The van der Waals surface area contributed by atoms with Crippen molar-refractivity contribution in [3.05, 3.63) is 62.8 Å². The topological polar surface area (TPSA) is 130 Å². The number of hydrogen-bond acceptors (Lipinski definition) is 6. The van der Waals surface area contributed by atoms with E-state index >= 15 is 0 Å². The van der Waals surface area contributed by atoms with Crippen molar-refractivity contribution in [3.8, 4) is 0 Å². The lowest BCUT2D eigenvalue weighted by molar-refractivity contribution is -0.129. The maximum atomic E-state index is 14.5. The molecule has 1 fully saturated rings. The summed E-state index contributed by atoms with van der Waals surface area (Å²) < 4.78 is 25.4. The first kappa shape index (κ1) is 30.5. The van der Waals surface area contributed by atoms with Gasteiger partial charge in [0, 0.05) is 41.0 Å². The van der Waals surface area contributed by atoms with Crippen LogP contribution in [0.3, 0.4) is 0 Å².